The first-order valence-corrected chi connectivity index (χ1v) is 11.0. The molecule has 36 heavy (non-hydrogen) atoms. The number of aliphatic carboxylic acids is 1. The van der Waals surface area contributed by atoms with Gasteiger partial charge < -0.3 is 19.6 Å². The number of hydrogen-bond donors (Lipinski definition) is 2. The van der Waals surface area contributed by atoms with E-state index in [1.807, 2.05) is 0 Å². The summed E-state index contributed by atoms with van der Waals surface area (Å²) in [6.07, 6.45) is -2.73. The van der Waals surface area contributed by atoms with E-state index in [2.05, 4.69) is 10.2 Å². The number of alkyl halides is 3. The molecular weight excluding hydrogens is 508 g/mol. The molecule has 1 aromatic heterocycles. The third-order valence-electron chi connectivity index (χ3n) is 5.02. The summed E-state index contributed by atoms with van der Waals surface area (Å²) < 4.78 is 55.9. The van der Waals surface area contributed by atoms with Crippen molar-refractivity contribution in [1.29, 1.82) is 0 Å². The third-order valence-corrected chi connectivity index (χ3v) is 5.31. The molecule has 2 heterocycles. The molecule has 0 radical (unpaired) electrons. The molecule has 2 N–H and O–H groups in total. The number of carbonyl (C=O) groups excluding carboxylic acids is 1. The van der Waals surface area contributed by atoms with Gasteiger partial charge in [0.1, 0.15) is 17.7 Å². The summed E-state index contributed by atoms with van der Waals surface area (Å²) in [5.41, 5.74) is 1.63. The fraction of sp³-hybridized carbons (Fsp3) is 0.250. The van der Waals surface area contributed by atoms with Crippen LogP contribution in [-0.2, 0) is 11.3 Å². The van der Waals surface area contributed by atoms with Gasteiger partial charge in [0.25, 0.3) is 5.91 Å². The number of likely N-dealkylation sites (tertiary alicyclic amines) is 1. The third kappa shape index (κ3) is 7.99. The summed E-state index contributed by atoms with van der Waals surface area (Å²) >= 11 is 6.35. The highest BCUT2D eigenvalue weighted by Gasteiger charge is 2.38. The lowest BCUT2D eigenvalue weighted by Gasteiger charge is -2.18. The van der Waals surface area contributed by atoms with E-state index in [9.17, 15) is 22.4 Å². The Hall–Kier alpha value is -3.57. The Morgan fingerprint density at radius 3 is 2.44 bits per heavy atom. The van der Waals surface area contributed by atoms with E-state index in [-0.39, 0.29) is 23.6 Å². The molecule has 4 rings (SSSR count). The number of nitrogens with zero attached hydrogens (tertiary/aromatic N) is 1. The molecule has 1 fully saturated rings. The van der Waals surface area contributed by atoms with Gasteiger partial charge in [0, 0.05) is 25.3 Å². The Kier molecular flexibility index (Phi) is 8.94. The number of amides is 1. The van der Waals surface area contributed by atoms with Crippen LogP contribution < -0.4 is 10.1 Å². The Labute approximate surface area is 208 Å². The van der Waals surface area contributed by atoms with Crippen LogP contribution in [0.2, 0.25) is 5.02 Å². The van der Waals surface area contributed by atoms with Gasteiger partial charge in [-0.1, -0.05) is 23.7 Å². The quantitative estimate of drug-likeness (QED) is 0.404. The summed E-state index contributed by atoms with van der Waals surface area (Å²) in [4.78, 5) is 23.2. The van der Waals surface area contributed by atoms with Crippen LogP contribution in [0.15, 0.2) is 65.3 Å². The Bertz CT molecular complexity index is 1170. The fourth-order valence-electron chi connectivity index (χ4n) is 3.34. The monoisotopic (exact) mass is 528 g/mol. The highest BCUT2D eigenvalue weighted by Crippen LogP contribution is 2.30. The van der Waals surface area contributed by atoms with E-state index >= 15 is 0 Å². The number of carboxylic acid groups (broad SMARTS) is 1. The zero-order valence-corrected chi connectivity index (χ0v) is 19.4. The summed E-state index contributed by atoms with van der Waals surface area (Å²) in [6.45, 7) is 2.42. The molecule has 3 aromatic rings. The number of hydrogen-bond acceptors (Lipinski definition) is 5. The minimum absolute atomic E-state index is 0.0245. The molecule has 12 heteroatoms. The SMILES string of the molecule is O=C(Nc1ccc(OC2CCN(Cc3ccc(F)cc3)C2)c(Cl)c1)c1ccco1.O=C(O)C(F)(F)F. The van der Waals surface area contributed by atoms with Gasteiger partial charge >= 0.3 is 12.1 Å². The zero-order valence-electron chi connectivity index (χ0n) is 18.6. The van der Waals surface area contributed by atoms with Gasteiger partial charge in [-0.25, -0.2) is 9.18 Å². The predicted molar refractivity (Wildman–Crippen MR) is 123 cm³/mol. The zero-order chi connectivity index (χ0) is 26.3. The van der Waals surface area contributed by atoms with Crippen LogP contribution >= 0.6 is 11.6 Å². The fourth-order valence-corrected chi connectivity index (χ4v) is 3.56. The van der Waals surface area contributed by atoms with Crippen LogP contribution in [0, 0.1) is 5.82 Å². The second kappa shape index (κ2) is 11.9. The number of nitrogens with one attached hydrogen (secondary N) is 1. The molecule has 2 aromatic carbocycles. The van der Waals surface area contributed by atoms with Crippen molar-refractivity contribution in [2.24, 2.45) is 0 Å². The topological polar surface area (TPSA) is 92.0 Å². The first kappa shape index (κ1) is 27.0. The molecule has 1 aliphatic heterocycles. The number of rotatable bonds is 6. The van der Waals surface area contributed by atoms with Gasteiger partial charge in [-0.05, 0) is 54.4 Å². The Morgan fingerprint density at radius 1 is 1.17 bits per heavy atom. The smallest absolute Gasteiger partial charge is 0.487 e. The first-order chi connectivity index (χ1) is 17.0. The van der Waals surface area contributed by atoms with E-state index in [0.717, 1.165) is 31.6 Å². The van der Waals surface area contributed by atoms with Crippen molar-refractivity contribution in [3.05, 3.63) is 83.0 Å². The van der Waals surface area contributed by atoms with Crippen molar-refractivity contribution in [2.75, 3.05) is 18.4 Å². The van der Waals surface area contributed by atoms with Crippen LogP contribution in [-0.4, -0.2) is 47.3 Å². The number of carboxylic acids is 1. The standard InChI is InChI=1S/C22H20ClFN2O3.C2HF3O2/c23-19-12-17(25-22(27)21-2-1-11-28-21)7-8-20(19)29-18-9-10-26(14-18)13-15-3-5-16(24)6-4-15;3-2(4,5)1(6)7/h1-8,11-12,18H,9-10,13-14H2,(H,25,27);(H,6,7). The predicted octanol–water partition coefficient (Wildman–Crippen LogP) is 5.61. The number of benzene rings is 2. The largest absolute Gasteiger partial charge is 0.490 e. The lowest BCUT2D eigenvalue weighted by molar-refractivity contribution is -0.192. The van der Waals surface area contributed by atoms with Crippen molar-refractivity contribution >= 4 is 29.2 Å². The molecule has 7 nitrogen and oxygen atoms in total. The van der Waals surface area contributed by atoms with Gasteiger partial charge in [0.2, 0.25) is 0 Å². The lowest BCUT2D eigenvalue weighted by atomic mass is 10.2. The maximum absolute atomic E-state index is 13.0. The van der Waals surface area contributed by atoms with Crippen molar-refractivity contribution in [3.8, 4) is 5.75 Å². The summed E-state index contributed by atoms with van der Waals surface area (Å²) in [7, 11) is 0. The van der Waals surface area contributed by atoms with Crippen LogP contribution in [0.5, 0.6) is 5.75 Å². The number of furan rings is 1. The van der Waals surface area contributed by atoms with Gasteiger partial charge in [0.15, 0.2) is 5.76 Å². The number of anilines is 1. The van der Waals surface area contributed by atoms with Crippen molar-refractivity contribution in [1.82, 2.24) is 4.90 Å². The van der Waals surface area contributed by atoms with Crippen LogP contribution in [0.3, 0.4) is 0 Å². The van der Waals surface area contributed by atoms with Crippen LogP contribution in [0.1, 0.15) is 22.5 Å². The summed E-state index contributed by atoms with van der Waals surface area (Å²) in [6, 6.07) is 15.0. The molecule has 1 aliphatic rings. The highest BCUT2D eigenvalue weighted by molar-refractivity contribution is 6.32. The van der Waals surface area contributed by atoms with Gasteiger partial charge in [-0.3, -0.25) is 9.69 Å². The highest BCUT2D eigenvalue weighted by atomic mass is 35.5. The van der Waals surface area contributed by atoms with Gasteiger partial charge in [-0.2, -0.15) is 13.2 Å². The van der Waals surface area contributed by atoms with E-state index in [1.165, 1.54) is 18.4 Å². The summed E-state index contributed by atoms with van der Waals surface area (Å²) in [5, 5.41) is 10.3. The Morgan fingerprint density at radius 2 is 1.86 bits per heavy atom. The van der Waals surface area contributed by atoms with E-state index < -0.39 is 12.1 Å². The minimum Gasteiger partial charge on any atom is -0.487 e. The molecule has 1 atom stereocenters. The maximum Gasteiger partial charge on any atom is 0.490 e. The van der Waals surface area contributed by atoms with Crippen molar-refractivity contribution in [2.45, 2.75) is 25.2 Å². The molecule has 0 bridgehead atoms. The van der Waals surface area contributed by atoms with Gasteiger partial charge in [0.05, 0.1) is 11.3 Å². The maximum atomic E-state index is 13.0. The van der Waals surface area contributed by atoms with Crippen LogP contribution in [0.4, 0.5) is 23.2 Å². The molecule has 0 spiro atoms. The van der Waals surface area contributed by atoms with Crippen molar-refractivity contribution in [3.63, 3.8) is 0 Å². The minimum atomic E-state index is -5.08. The second-order valence-corrected chi connectivity index (χ2v) is 8.18. The summed E-state index contributed by atoms with van der Waals surface area (Å²) in [5.74, 6) is -2.51. The molecule has 0 saturated carbocycles. The number of halogens is 5. The number of ether oxygens (including phenoxy) is 1. The van der Waals surface area contributed by atoms with Crippen LogP contribution in [0.25, 0.3) is 0 Å². The lowest BCUT2D eigenvalue weighted by Crippen LogP contribution is -2.24. The van der Waals surface area contributed by atoms with Crippen molar-refractivity contribution < 1.29 is 41.4 Å². The second-order valence-electron chi connectivity index (χ2n) is 7.77. The molecule has 1 unspecified atom stereocenters. The van der Waals surface area contributed by atoms with E-state index in [0.29, 0.717) is 16.5 Å². The van der Waals surface area contributed by atoms with E-state index in [1.54, 1.807) is 42.5 Å². The average molecular weight is 529 g/mol. The average Bonchev–Trinajstić information content (AvgIpc) is 3.50. The molecule has 1 saturated heterocycles. The molecular formula is C24H21ClF4N2O5. The number of carbonyl (C=O) groups is 2. The normalized spacial score (nSPS) is 15.6. The first-order valence-electron chi connectivity index (χ1n) is 10.6. The molecule has 192 valence electrons. The Balaban J connectivity index is 0.000000454. The molecule has 1 amide bonds. The van der Waals surface area contributed by atoms with Gasteiger partial charge in [-0.15, -0.1) is 0 Å². The molecule has 0 aliphatic carbocycles. The van der Waals surface area contributed by atoms with E-state index in [4.69, 9.17) is 30.7 Å².